The molecule has 1 heterocycles. The van der Waals surface area contributed by atoms with Gasteiger partial charge >= 0.3 is 0 Å². The predicted molar refractivity (Wildman–Crippen MR) is 84.8 cm³/mol. The maximum atomic E-state index is 5.87. The summed E-state index contributed by atoms with van der Waals surface area (Å²) in [4.78, 5) is 1.14. The summed E-state index contributed by atoms with van der Waals surface area (Å²) in [6.45, 7) is 5.87. The molecular weight excluding hydrogens is 272 g/mol. The zero-order valence-corrected chi connectivity index (χ0v) is 12.6. The van der Waals surface area contributed by atoms with Gasteiger partial charge in [-0.15, -0.1) is 11.3 Å². The van der Waals surface area contributed by atoms with E-state index in [1.54, 1.807) is 11.3 Å². The fourth-order valence-electron chi connectivity index (χ4n) is 1.84. The Morgan fingerprint density at radius 1 is 1.10 bits per heavy atom. The fraction of sp³-hybridized carbons (Fsp3) is 0.333. The first-order valence-corrected chi connectivity index (χ1v) is 7.58. The number of rotatable bonds is 7. The van der Waals surface area contributed by atoms with Crippen molar-refractivity contribution < 1.29 is 9.47 Å². The van der Waals surface area contributed by atoms with Crippen LogP contribution in [-0.2, 0) is 6.54 Å². The van der Waals surface area contributed by atoms with Gasteiger partial charge in [0.25, 0.3) is 0 Å². The van der Waals surface area contributed by atoms with Crippen molar-refractivity contribution in [3.05, 3.63) is 34.5 Å². The summed E-state index contributed by atoms with van der Waals surface area (Å²) in [7, 11) is 0. The molecule has 2 aromatic rings. The molecule has 4 nitrogen and oxygen atoms in total. The van der Waals surface area contributed by atoms with Gasteiger partial charge in [-0.1, -0.05) is 0 Å². The van der Waals surface area contributed by atoms with Gasteiger partial charge in [-0.05, 0) is 37.4 Å². The number of thiophene rings is 1. The third kappa shape index (κ3) is 3.57. The Morgan fingerprint density at radius 2 is 1.85 bits per heavy atom. The predicted octanol–water partition coefficient (Wildman–Crippen LogP) is 3.74. The molecule has 0 spiro atoms. The van der Waals surface area contributed by atoms with Crippen LogP contribution in [0.1, 0.15) is 18.7 Å². The third-order valence-electron chi connectivity index (χ3n) is 2.78. The van der Waals surface area contributed by atoms with E-state index in [0.29, 0.717) is 19.8 Å². The summed E-state index contributed by atoms with van der Waals surface area (Å²) >= 11 is 1.65. The van der Waals surface area contributed by atoms with Crippen LogP contribution in [0.2, 0.25) is 0 Å². The molecule has 0 saturated heterocycles. The maximum Gasteiger partial charge on any atom is 0.163 e. The quantitative estimate of drug-likeness (QED) is 0.816. The summed E-state index contributed by atoms with van der Waals surface area (Å²) in [5.41, 5.74) is 7.69. The number of nitrogens with two attached hydrogens (primary N) is 1. The van der Waals surface area contributed by atoms with Crippen LogP contribution >= 0.6 is 11.3 Å². The van der Waals surface area contributed by atoms with Gasteiger partial charge in [0.2, 0.25) is 0 Å². The minimum absolute atomic E-state index is 0.613. The SMILES string of the molecule is CCOc1ccc(NCc2sccc2N)cc1OCC. The number of nitrogen functional groups attached to an aromatic ring is 1. The zero-order chi connectivity index (χ0) is 14.4. The van der Waals surface area contributed by atoms with Crippen LogP contribution in [0.5, 0.6) is 11.5 Å². The molecule has 108 valence electrons. The molecule has 0 aliphatic rings. The molecule has 0 atom stereocenters. The molecule has 20 heavy (non-hydrogen) atoms. The summed E-state index contributed by atoms with van der Waals surface area (Å²) in [5.74, 6) is 1.54. The highest BCUT2D eigenvalue weighted by molar-refractivity contribution is 7.10. The van der Waals surface area contributed by atoms with Gasteiger partial charge in [0.15, 0.2) is 11.5 Å². The second-order valence-electron chi connectivity index (χ2n) is 4.18. The molecule has 0 fully saturated rings. The number of benzene rings is 1. The van der Waals surface area contributed by atoms with Crippen LogP contribution in [0.4, 0.5) is 11.4 Å². The standard InChI is InChI=1S/C15H20N2O2S/c1-3-18-13-6-5-11(9-14(13)19-4-2)17-10-15-12(16)7-8-20-15/h5-9,17H,3-4,10,16H2,1-2H3. The van der Waals surface area contributed by atoms with Gasteiger partial charge in [0.1, 0.15) is 0 Å². The molecule has 0 amide bonds. The lowest BCUT2D eigenvalue weighted by Gasteiger charge is -2.13. The minimum Gasteiger partial charge on any atom is -0.490 e. The molecule has 1 aromatic carbocycles. The molecule has 0 unspecified atom stereocenters. The third-order valence-corrected chi connectivity index (χ3v) is 3.71. The van der Waals surface area contributed by atoms with Gasteiger partial charge in [-0.3, -0.25) is 0 Å². The number of anilines is 2. The Balaban J connectivity index is 2.08. The van der Waals surface area contributed by atoms with Crippen LogP contribution < -0.4 is 20.5 Å². The average molecular weight is 292 g/mol. The molecule has 3 N–H and O–H groups in total. The number of hydrogen-bond donors (Lipinski definition) is 2. The zero-order valence-electron chi connectivity index (χ0n) is 11.8. The van der Waals surface area contributed by atoms with Crippen molar-refractivity contribution in [3.63, 3.8) is 0 Å². The molecule has 0 saturated carbocycles. The molecule has 2 rings (SSSR count). The highest BCUT2D eigenvalue weighted by Gasteiger charge is 2.07. The Kier molecular flexibility index (Phi) is 5.12. The molecule has 1 aromatic heterocycles. The molecule has 0 aliphatic heterocycles. The van der Waals surface area contributed by atoms with Crippen molar-refractivity contribution >= 4 is 22.7 Å². The minimum atomic E-state index is 0.613. The lowest BCUT2D eigenvalue weighted by Crippen LogP contribution is -2.02. The number of ether oxygens (including phenoxy) is 2. The van der Waals surface area contributed by atoms with E-state index in [2.05, 4.69) is 5.32 Å². The van der Waals surface area contributed by atoms with E-state index >= 15 is 0 Å². The van der Waals surface area contributed by atoms with Crippen molar-refractivity contribution in [3.8, 4) is 11.5 Å². The van der Waals surface area contributed by atoms with Gasteiger partial charge in [-0.25, -0.2) is 0 Å². The Labute approximate surface area is 123 Å². The van der Waals surface area contributed by atoms with Crippen LogP contribution in [0.25, 0.3) is 0 Å². The van der Waals surface area contributed by atoms with E-state index in [0.717, 1.165) is 27.8 Å². The van der Waals surface area contributed by atoms with Crippen LogP contribution in [0, 0.1) is 0 Å². The lowest BCUT2D eigenvalue weighted by molar-refractivity contribution is 0.288. The largest absolute Gasteiger partial charge is 0.490 e. The Hall–Kier alpha value is -1.88. The van der Waals surface area contributed by atoms with Crippen LogP contribution in [0.15, 0.2) is 29.6 Å². The number of nitrogens with one attached hydrogen (secondary N) is 1. The molecule has 5 heteroatoms. The smallest absolute Gasteiger partial charge is 0.163 e. The summed E-state index contributed by atoms with van der Waals surface area (Å²) in [6.07, 6.45) is 0. The Bertz CT molecular complexity index is 555. The van der Waals surface area contributed by atoms with Crippen molar-refractivity contribution in [1.29, 1.82) is 0 Å². The normalized spacial score (nSPS) is 10.3. The van der Waals surface area contributed by atoms with Crippen LogP contribution in [0.3, 0.4) is 0 Å². The lowest BCUT2D eigenvalue weighted by atomic mass is 10.2. The topological polar surface area (TPSA) is 56.5 Å². The van der Waals surface area contributed by atoms with Gasteiger partial charge in [0.05, 0.1) is 19.8 Å². The van der Waals surface area contributed by atoms with Crippen LogP contribution in [-0.4, -0.2) is 13.2 Å². The number of hydrogen-bond acceptors (Lipinski definition) is 5. The highest BCUT2D eigenvalue weighted by atomic mass is 32.1. The molecule has 0 bridgehead atoms. The second kappa shape index (κ2) is 7.05. The van der Waals surface area contributed by atoms with Crippen molar-refractivity contribution in [2.24, 2.45) is 0 Å². The summed E-state index contributed by atoms with van der Waals surface area (Å²) < 4.78 is 11.1. The second-order valence-corrected chi connectivity index (χ2v) is 5.18. The summed E-state index contributed by atoms with van der Waals surface area (Å²) in [6, 6.07) is 7.79. The van der Waals surface area contributed by atoms with E-state index in [1.165, 1.54) is 0 Å². The molecule has 0 radical (unpaired) electrons. The highest BCUT2D eigenvalue weighted by Crippen LogP contribution is 2.31. The molecule has 0 aliphatic carbocycles. The first kappa shape index (κ1) is 14.5. The van der Waals surface area contributed by atoms with Crippen molar-refractivity contribution in [1.82, 2.24) is 0 Å². The first-order valence-electron chi connectivity index (χ1n) is 6.70. The first-order chi connectivity index (χ1) is 9.74. The fourth-order valence-corrected chi connectivity index (χ4v) is 2.58. The van der Waals surface area contributed by atoms with E-state index in [-0.39, 0.29) is 0 Å². The van der Waals surface area contributed by atoms with Gasteiger partial charge < -0.3 is 20.5 Å². The molecular formula is C15H20N2O2S. The van der Waals surface area contributed by atoms with Crippen molar-refractivity contribution in [2.45, 2.75) is 20.4 Å². The van der Waals surface area contributed by atoms with E-state index in [9.17, 15) is 0 Å². The summed E-state index contributed by atoms with van der Waals surface area (Å²) in [5, 5.41) is 5.35. The monoisotopic (exact) mass is 292 g/mol. The maximum absolute atomic E-state index is 5.87. The average Bonchev–Trinajstić information content (AvgIpc) is 2.85. The Morgan fingerprint density at radius 3 is 2.50 bits per heavy atom. The van der Waals surface area contributed by atoms with Gasteiger partial charge in [0, 0.05) is 22.3 Å². The van der Waals surface area contributed by atoms with E-state index in [4.69, 9.17) is 15.2 Å². The van der Waals surface area contributed by atoms with Crippen molar-refractivity contribution in [2.75, 3.05) is 24.3 Å². The van der Waals surface area contributed by atoms with E-state index < -0.39 is 0 Å². The van der Waals surface area contributed by atoms with Gasteiger partial charge in [-0.2, -0.15) is 0 Å². The van der Waals surface area contributed by atoms with E-state index in [1.807, 2.05) is 43.5 Å².